The summed E-state index contributed by atoms with van der Waals surface area (Å²) in [4.78, 5) is 18.1. The van der Waals surface area contributed by atoms with Gasteiger partial charge in [0.05, 0.1) is 24.8 Å². The summed E-state index contributed by atoms with van der Waals surface area (Å²) in [5.74, 6) is 1.72. The van der Waals surface area contributed by atoms with E-state index in [1.54, 1.807) is 43.6 Å². The molecule has 1 aliphatic heterocycles. The molecular weight excluding hydrogens is 496 g/mol. The topological polar surface area (TPSA) is 71.2 Å². The van der Waals surface area contributed by atoms with Gasteiger partial charge >= 0.3 is 0 Å². The van der Waals surface area contributed by atoms with E-state index < -0.39 is 0 Å². The van der Waals surface area contributed by atoms with E-state index in [0.717, 1.165) is 44.7 Å². The Kier molecular flexibility index (Phi) is 7.76. The highest BCUT2D eigenvalue weighted by molar-refractivity contribution is 7.14. The van der Waals surface area contributed by atoms with E-state index in [-0.39, 0.29) is 24.4 Å². The highest BCUT2D eigenvalue weighted by Gasteiger charge is 2.33. The first-order valence-corrected chi connectivity index (χ1v) is 12.2. The first kappa shape index (κ1) is 25.5. The Bertz CT molecular complexity index is 1330. The SMILES string of the molecule is COc1ccc(C2=NN(c3nc(-c4ccc(CN(C)C(C)=O)cc4)cs3)C(c3ccco3)C2)cc1.Cl. The number of thiazole rings is 1. The number of anilines is 1. The number of hydrogen-bond donors (Lipinski definition) is 0. The van der Waals surface area contributed by atoms with Gasteiger partial charge in [0.1, 0.15) is 17.6 Å². The summed E-state index contributed by atoms with van der Waals surface area (Å²) >= 11 is 1.56. The second-order valence-electron chi connectivity index (χ2n) is 8.44. The maximum atomic E-state index is 11.5. The van der Waals surface area contributed by atoms with Crippen LogP contribution >= 0.6 is 23.7 Å². The fraction of sp³-hybridized carbons (Fsp3) is 0.222. The van der Waals surface area contributed by atoms with Crippen LogP contribution in [0.1, 0.15) is 36.3 Å². The van der Waals surface area contributed by atoms with Crippen molar-refractivity contribution in [2.75, 3.05) is 19.2 Å². The van der Waals surface area contributed by atoms with Crippen molar-refractivity contribution in [3.05, 3.63) is 89.2 Å². The van der Waals surface area contributed by atoms with Gasteiger partial charge in [-0.05, 0) is 47.5 Å². The number of aromatic nitrogens is 1. The van der Waals surface area contributed by atoms with Crippen LogP contribution in [-0.2, 0) is 11.3 Å². The fourth-order valence-corrected chi connectivity index (χ4v) is 4.85. The van der Waals surface area contributed by atoms with E-state index in [2.05, 4.69) is 0 Å². The number of hydrogen-bond acceptors (Lipinski definition) is 7. The number of furan rings is 1. The van der Waals surface area contributed by atoms with E-state index in [4.69, 9.17) is 19.2 Å². The Morgan fingerprint density at radius 1 is 1.14 bits per heavy atom. The molecule has 1 unspecified atom stereocenters. The van der Waals surface area contributed by atoms with Gasteiger partial charge in [-0.15, -0.1) is 23.7 Å². The first-order chi connectivity index (χ1) is 17.0. The fourth-order valence-electron chi connectivity index (χ4n) is 4.02. The number of halogens is 1. The number of amides is 1. The van der Waals surface area contributed by atoms with Gasteiger partial charge in [-0.3, -0.25) is 4.79 Å². The Morgan fingerprint density at radius 2 is 1.86 bits per heavy atom. The van der Waals surface area contributed by atoms with Gasteiger partial charge in [0.25, 0.3) is 0 Å². The molecule has 7 nitrogen and oxygen atoms in total. The Labute approximate surface area is 220 Å². The number of methoxy groups -OCH3 is 1. The molecule has 0 aliphatic carbocycles. The summed E-state index contributed by atoms with van der Waals surface area (Å²) in [6.45, 7) is 2.15. The molecule has 186 valence electrons. The minimum atomic E-state index is -0.0643. The third-order valence-corrected chi connectivity index (χ3v) is 6.93. The van der Waals surface area contributed by atoms with E-state index in [1.165, 1.54) is 0 Å². The van der Waals surface area contributed by atoms with Crippen LogP contribution in [0.2, 0.25) is 0 Å². The molecule has 0 saturated heterocycles. The standard InChI is InChI=1S/C27H26N4O3S.ClH/c1-18(32)30(2)16-19-6-8-21(9-7-19)24-17-35-27(28-24)31-25(26-5-4-14-34-26)15-23(29-31)20-10-12-22(33-3)13-11-20;/h4-14,17,25H,15-16H2,1-3H3;1H. The van der Waals surface area contributed by atoms with Crippen molar-refractivity contribution in [3.8, 4) is 17.0 Å². The third kappa shape index (κ3) is 5.29. The average Bonchev–Trinajstić information content (AvgIpc) is 3.65. The van der Waals surface area contributed by atoms with Crippen LogP contribution < -0.4 is 9.75 Å². The highest BCUT2D eigenvalue weighted by atomic mass is 35.5. The van der Waals surface area contributed by atoms with Gasteiger partial charge in [-0.2, -0.15) is 5.10 Å². The largest absolute Gasteiger partial charge is 0.497 e. The predicted molar refractivity (Wildman–Crippen MR) is 145 cm³/mol. The number of carbonyl (C=O) groups is 1. The average molecular weight is 523 g/mol. The maximum absolute atomic E-state index is 11.5. The summed E-state index contributed by atoms with van der Waals surface area (Å²) in [5.41, 5.74) is 5.02. The summed E-state index contributed by atoms with van der Waals surface area (Å²) in [6.07, 6.45) is 2.41. The lowest BCUT2D eigenvalue weighted by atomic mass is 10.0. The van der Waals surface area contributed by atoms with Crippen molar-refractivity contribution < 1.29 is 13.9 Å². The molecule has 1 aliphatic rings. The Morgan fingerprint density at radius 3 is 2.50 bits per heavy atom. The van der Waals surface area contributed by atoms with Crippen LogP contribution in [0.3, 0.4) is 0 Å². The second kappa shape index (κ2) is 11.0. The molecule has 5 rings (SSSR count). The normalized spacial score (nSPS) is 14.8. The van der Waals surface area contributed by atoms with Crippen LogP contribution in [0.4, 0.5) is 5.13 Å². The van der Waals surface area contributed by atoms with Crippen molar-refractivity contribution in [3.63, 3.8) is 0 Å². The molecule has 0 spiro atoms. The molecule has 2 aromatic carbocycles. The van der Waals surface area contributed by atoms with E-state index >= 15 is 0 Å². The zero-order chi connectivity index (χ0) is 24.4. The molecule has 0 N–H and O–H groups in total. The van der Waals surface area contributed by atoms with Gasteiger partial charge in [0, 0.05) is 37.9 Å². The highest BCUT2D eigenvalue weighted by Crippen LogP contribution is 2.39. The minimum absolute atomic E-state index is 0. The van der Waals surface area contributed by atoms with Crippen LogP contribution in [0.5, 0.6) is 5.75 Å². The molecule has 36 heavy (non-hydrogen) atoms. The van der Waals surface area contributed by atoms with E-state index in [0.29, 0.717) is 13.0 Å². The van der Waals surface area contributed by atoms with Crippen LogP contribution in [-0.4, -0.2) is 35.7 Å². The molecule has 1 atom stereocenters. The Hall–Kier alpha value is -3.62. The van der Waals surface area contributed by atoms with Gasteiger partial charge < -0.3 is 14.1 Å². The number of carbonyl (C=O) groups excluding carboxylic acids is 1. The summed E-state index contributed by atoms with van der Waals surface area (Å²) in [5, 5.41) is 9.77. The van der Waals surface area contributed by atoms with E-state index in [9.17, 15) is 4.79 Å². The number of benzene rings is 2. The third-order valence-electron chi connectivity index (χ3n) is 6.10. The molecule has 0 saturated carbocycles. The lowest BCUT2D eigenvalue weighted by Gasteiger charge is -2.18. The van der Waals surface area contributed by atoms with Gasteiger partial charge in [-0.25, -0.2) is 9.99 Å². The number of ether oxygens (including phenoxy) is 1. The maximum Gasteiger partial charge on any atom is 0.219 e. The molecule has 1 amide bonds. The number of hydrazone groups is 1. The van der Waals surface area contributed by atoms with Crippen molar-refractivity contribution in [1.82, 2.24) is 9.88 Å². The van der Waals surface area contributed by atoms with Crippen molar-refractivity contribution >= 4 is 40.5 Å². The predicted octanol–water partition coefficient (Wildman–Crippen LogP) is 6.17. The van der Waals surface area contributed by atoms with Crippen LogP contribution in [0.15, 0.2) is 81.8 Å². The molecule has 0 radical (unpaired) electrons. The zero-order valence-electron chi connectivity index (χ0n) is 20.2. The van der Waals surface area contributed by atoms with Crippen molar-refractivity contribution in [2.45, 2.75) is 25.9 Å². The zero-order valence-corrected chi connectivity index (χ0v) is 21.9. The quantitative estimate of drug-likeness (QED) is 0.290. The molecule has 2 aromatic heterocycles. The summed E-state index contributed by atoms with van der Waals surface area (Å²) in [6, 6.07) is 19.9. The number of nitrogens with zero attached hydrogens (tertiary/aromatic N) is 4. The van der Waals surface area contributed by atoms with Crippen molar-refractivity contribution in [2.24, 2.45) is 5.10 Å². The molecule has 9 heteroatoms. The van der Waals surface area contributed by atoms with Crippen molar-refractivity contribution in [1.29, 1.82) is 0 Å². The van der Waals surface area contributed by atoms with Crippen LogP contribution in [0, 0.1) is 0 Å². The number of rotatable bonds is 7. The van der Waals surface area contributed by atoms with E-state index in [1.807, 2.05) is 71.1 Å². The summed E-state index contributed by atoms with van der Waals surface area (Å²) < 4.78 is 11.0. The monoisotopic (exact) mass is 522 g/mol. The van der Waals surface area contributed by atoms with Gasteiger partial charge in [0.15, 0.2) is 0 Å². The Balaban J connectivity index is 0.00000304. The van der Waals surface area contributed by atoms with Gasteiger partial charge in [0.2, 0.25) is 11.0 Å². The lowest BCUT2D eigenvalue weighted by Crippen LogP contribution is -2.22. The molecular formula is C27H27ClN4O3S. The molecule has 4 aromatic rings. The first-order valence-electron chi connectivity index (χ1n) is 11.3. The molecule has 3 heterocycles. The second-order valence-corrected chi connectivity index (χ2v) is 9.28. The smallest absolute Gasteiger partial charge is 0.219 e. The lowest BCUT2D eigenvalue weighted by molar-refractivity contribution is -0.128. The summed E-state index contributed by atoms with van der Waals surface area (Å²) in [7, 11) is 3.46. The van der Waals surface area contributed by atoms with Gasteiger partial charge in [-0.1, -0.05) is 24.3 Å². The van der Waals surface area contributed by atoms with Crippen LogP contribution in [0.25, 0.3) is 11.3 Å². The molecule has 0 fully saturated rings. The minimum Gasteiger partial charge on any atom is -0.497 e. The molecule has 0 bridgehead atoms.